The Kier molecular flexibility index (Phi) is 7.79. The number of hydrogen-bond acceptors (Lipinski definition) is 4. The van der Waals surface area contributed by atoms with Gasteiger partial charge in [0.05, 0.1) is 6.42 Å². The second kappa shape index (κ2) is 10.1. The highest BCUT2D eigenvalue weighted by Gasteiger charge is 2.20. The number of carbonyl (C=O) groups is 3. The van der Waals surface area contributed by atoms with Crippen LogP contribution in [0.2, 0.25) is 5.02 Å². The smallest absolute Gasteiger partial charge is 0.329 e. The van der Waals surface area contributed by atoms with E-state index in [1.165, 1.54) is 6.42 Å². The van der Waals surface area contributed by atoms with Crippen molar-refractivity contribution in [3.05, 3.63) is 28.8 Å². The zero-order valence-electron chi connectivity index (χ0n) is 15.6. The summed E-state index contributed by atoms with van der Waals surface area (Å²) < 4.78 is 0. The first-order chi connectivity index (χ1) is 12.9. The van der Waals surface area contributed by atoms with Gasteiger partial charge in [-0.2, -0.15) is 5.10 Å². The van der Waals surface area contributed by atoms with Gasteiger partial charge in [-0.1, -0.05) is 36.9 Å². The Labute approximate surface area is 163 Å². The van der Waals surface area contributed by atoms with Gasteiger partial charge in [-0.05, 0) is 44.4 Å². The molecular formula is C19H25ClN4O3. The molecule has 1 fully saturated rings. The number of amides is 3. The van der Waals surface area contributed by atoms with Crippen LogP contribution >= 0.6 is 11.6 Å². The number of rotatable bonds is 5. The van der Waals surface area contributed by atoms with Gasteiger partial charge < -0.3 is 10.6 Å². The molecule has 3 N–H and O–H groups in total. The van der Waals surface area contributed by atoms with Gasteiger partial charge >= 0.3 is 11.8 Å². The van der Waals surface area contributed by atoms with Crippen molar-refractivity contribution >= 4 is 40.7 Å². The highest BCUT2D eigenvalue weighted by molar-refractivity contribution is 6.35. The number of anilines is 1. The summed E-state index contributed by atoms with van der Waals surface area (Å²) in [6.45, 7) is 3.41. The number of hydrogen-bond donors (Lipinski definition) is 3. The first kappa shape index (κ1) is 20.9. The first-order valence-electron chi connectivity index (χ1n) is 9.05. The van der Waals surface area contributed by atoms with E-state index < -0.39 is 11.8 Å². The van der Waals surface area contributed by atoms with Crippen molar-refractivity contribution < 1.29 is 14.4 Å². The van der Waals surface area contributed by atoms with Gasteiger partial charge in [-0.3, -0.25) is 14.4 Å². The molecule has 0 atom stereocenters. The Morgan fingerprint density at radius 3 is 2.56 bits per heavy atom. The van der Waals surface area contributed by atoms with E-state index in [2.05, 4.69) is 21.2 Å². The van der Waals surface area contributed by atoms with E-state index in [1.807, 2.05) is 6.92 Å². The average Bonchev–Trinajstić information content (AvgIpc) is 2.64. The van der Waals surface area contributed by atoms with E-state index in [0.717, 1.165) is 31.2 Å². The molecule has 27 heavy (non-hydrogen) atoms. The van der Waals surface area contributed by atoms with Gasteiger partial charge in [0.1, 0.15) is 0 Å². The van der Waals surface area contributed by atoms with Crippen LogP contribution < -0.4 is 16.1 Å². The zero-order chi connectivity index (χ0) is 19.8. The van der Waals surface area contributed by atoms with Crippen LogP contribution in [0.1, 0.15) is 51.0 Å². The van der Waals surface area contributed by atoms with Crippen molar-refractivity contribution in [1.82, 2.24) is 10.7 Å². The van der Waals surface area contributed by atoms with Crippen molar-refractivity contribution in [3.8, 4) is 0 Å². The molecule has 0 spiro atoms. The van der Waals surface area contributed by atoms with Crippen molar-refractivity contribution in [2.45, 2.75) is 58.4 Å². The molecule has 0 heterocycles. The lowest BCUT2D eigenvalue weighted by molar-refractivity contribution is -0.139. The predicted molar refractivity (Wildman–Crippen MR) is 106 cm³/mol. The lowest BCUT2D eigenvalue weighted by Crippen LogP contribution is -2.44. The van der Waals surface area contributed by atoms with Crippen molar-refractivity contribution in [3.63, 3.8) is 0 Å². The number of nitrogens with one attached hydrogen (secondary N) is 3. The SMILES string of the molecule is C/C(CC(=O)Nc1cccc(Cl)c1C)=N\NC(=O)C(=O)NC1CCCCC1. The molecule has 3 amide bonds. The molecule has 0 aliphatic heterocycles. The molecule has 0 saturated heterocycles. The molecule has 1 aromatic rings. The third-order valence-corrected chi connectivity index (χ3v) is 4.86. The van der Waals surface area contributed by atoms with Gasteiger partial charge in [0.15, 0.2) is 0 Å². The quantitative estimate of drug-likeness (QED) is 0.408. The zero-order valence-corrected chi connectivity index (χ0v) is 16.4. The van der Waals surface area contributed by atoms with E-state index in [-0.39, 0.29) is 18.4 Å². The van der Waals surface area contributed by atoms with E-state index in [0.29, 0.717) is 16.4 Å². The molecule has 2 rings (SSSR count). The van der Waals surface area contributed by atoms with Crippen LogP contribution in [0.5, 0.6) is 0 Å². The Morgan fingerprint density at radius 2 is 1.85 bits per heavy atom. The van der Waals surface area contributed by atoms with E-state index >= 15 is 0 Å². The van der Waals surface area contributed by atoms with Gasteiger partial charge in [-0.25, -0.2) is 5.43 Å². The van der Waals surface area contributed by atoms with Crippen LogP contribution in [-0.4, -0.2) is 29.5 Å². The summed E-state index contributed by atoms with van der Waals surface area (Å²) in [5, 5.41) is 9.86. The average molecular weight is 393 g/mol. The summed E-state index contributed by atoms with van der Waals surface area (Å²) in [5.74, 6) is -1.81. The van der Waals surface area contributed by atoms with Crippen molar-refractivity contribution in [1.29, 1.82) is 0 Å². The second-order valence-electron chi connectivity index (χ2n) is 6.73. The van der Waals surface area contributed by atoms with Crippen LogP contribution in [-0.2, 0) is 14.4 Å². The molecule has 8 heteroatoms. The minimum Gasteiger partial charge on any atom is -0.345 e. The predicted octanol–water partition coefficient (Wildman–Crippen LogP) is 2.92. The summed E-state index contributed by atoms with van der Waals surface area (Å²) in [6, 6.07) is 5.29. The molecule has 7 nitrogen and oxygen atoms in total. The highest BCUT2D eigenvalue weighted by atomic mass is 35.5. The number of benzene rings is 1. The molecule has 0 bridgehead atoms. The summed E-state index contributed by atoms with van der Waals surface area (Å²) in [4.78, 5) is 35.8. The van der Waals surface area contributed by atoms with Crippen molar-refractivity contribution in [2.24, 2.45) is 5.10 Å². The fraction of sp³-hybridized carbons (Fsp3) is 0.474. The lowest BCUT2D eigenvalue weighted by atomic mass is 9.95. The number of nitrogens with zero attached hydrogens (tertiary/aromatic N) is 1. The molecule has 0 unspecified atom stereocenters. The molecule has 0 radical (unpaired) electrons. The van der Waals surface area contributed by atoms with Crippen LogP contribution in [0.25, 0.3) is 0 Å². The third-order valence-electron chi connectivity index (χ3n) is 4.45. The largest absolute Gasteiger partial charge is 0.345 e. The topological polar surface area (TPSA) is 99.7 Å². The lowest BCUT2D eigenvalue weighted by Gasteiger charge is -2.22. The van der Waals surface area contributed by atoms with Crippen LogP contribution in [0.15, 0.2) is 23.3 Å². The molecule has 0 aromatic heterocycles. The van der Waals surface area contributed by atoms with E-state index in [4.69, 9.17) is 11.6 Å². The molecule has 146 valence electrons. The maximum absolute atomic E-state index is 12.1. The summed E-state index contributed by atoms with van der Waals surface area (Å²) in [6.07, 6.45) is 5.06. The Balaban J connectivity index is 1.80. The summed E-state index contributed by atoms with van der Waals surface area (Å²) in [5.41, 5.74) is 3.97. The maximum Gasteiger partial charge on any atom is 0.329 e. The summed E-state index contributed by atoms with van der Waals surface area (Å²) in [7, 11) is 0. The van der Waals surface area contributed by atoms with E-state index in [9.17, 15) is 14.4 Å². The van der Waals surface area contributed by atoms with E-state index in [1.54, 1.807) is 25.1 Å². The number of carbonyl (C=O) groups excluding carboxylic acids is 3. The fourth-order valence-corrected chi connectivity index (χ4v) is 3.08. The highest BCUT2D eigenvalue weighted by Crippen LogP contribution is 2.23. The number of halogens is 1. The fourth-order valence-electron chi connectivity index (χ4n) is 2.90. The van der Waals surface area contributed by atoms with Crippen LogP contribution in [0.3, 0.4) is 0 Å². The van der Waals surface area contributed by atoms with Crippen LogP contribution in [0, 0.1) is 6.92 Å². The normalized spacial score (nSPS) is 15.1. The van der Waals surface area contributed by atoms with Gasteiger partial charge in [0, 0.05) is 22.5 Å². The second-order valence-corrected chi connectivity index (χ2v) is 7.14. The number of hydrazone groups is 1. The molecule has 1 aromatic carbocycles. The molecule has 1 aliphatic rings. The monoisotopic (exact) mass is 392 g/mol. The van der Waals surface area contributed by atoms with Gasteiger partial charge in [-0.15, -0.1) is 0 Å². The van der Waals surface area contributed by atoms with Gasteiger partial charge in [0.25, 0.3) is 0 Å². The van der Waals surface area contributed by atoms with Crippen LogP contribution in [0.4, 0.5) is 5.69 Å². The molecule has 1 aliphatic carbocycles. The minimum absolute atomic E-state index is 0.0174. The summed E-state index contributed by atoms with van der Waals surface area (Å²) >= 11 is 6.03. The minimum atomic E-state index is -0.828. The maximum atomic E-state index is 12.1. The van der Waals surface area contributed by atoms with Gasteiger partial charge in [0.2, 0.25) is 5.91 Å². The Morgan fingerprint density at radius 1 is 1.15 bits per heavy atom. The third kappa shape index (κ3) is 6.67. The molecule has 1 saturated carbocycles. The Hall–Kier alpha value is -2.41. The Bertz CT molecular complexity index is 742. The van der Waals surface area contributed by atoms with Crippen molar-refractivity contribution in [2.75, 3.05) is 5.32 Å². The molecular weight excluding hydrogens is 368 g/mol. The first-order valence-corrected chi connectivity index (χ1v) is 9.43. The standard InChI is InChI=1S/C19H25ClN4O3/c1-12(11-17(25)22-16-10-6-9-15(20)13(16)2)23-24-19(27)18(26)21-14-7-4-3-5-8-14/h6,9-10,14H,3-5,7-8,11H2,1-2H3,(H,21,26)(H,22,25)(H,24,27)/b23-12+.